The van der Waals surface area contributed by atoms with Gasteiger partial charge in [0.1, 0.15) is 0 Å². The van der Waals surface area contributed by atoms with Crippen molar-refractivity contribution in [1.29, 1.82) is 0 Å². The number of hydrogen-bond donors (Lipinski definition) is 2. The Balaban J connectivity index is 2.73. The number of thiol groups is 1. The number of amides is 2. The van der Waals surface area contributed by atoms with Crippen LogP contribution >= 0.6 is 24.0 Å². The highest BCUT2D eigenvalue weighted by molar-refractivity contribution is 7.80. The van der Waals surface area contributed by atoms with Gasteiger partial charge in [0.15, 0.2) is 0 Å². The molecule has 0 saturated carbocycles. The fourth-order valence-electron chi connectivity index (χ4n) is 1.17. The van der Waals surface area contributed by atoms with E-state index in [2.05, 4.69) is 17.9 Å². The third-order valence-electron chi connectivity index (χ3n) is 2.08. The molecule has 4 nitrogen and oxygen atoms in total. The third-order valence-corrected chi connectivity index (χ3v) is 3.43. The van der Waals surface area contributed by atoms with Crippen molar-refractivity contribution in [3.63, 3.8) is 0 Å². The van der Waals surface area contributed by atoms with Crippen LogP contribution in [0.1, 0.15) is 16.6 Å². The van der Waals surface area contributed by atoms with Gasteiger partial charge in [-0.2, -0.15) is 0 Å². The van der Waals surface area contributed by atoms with Gasteiger partial charge in [0, 0.05) is 23.9 Å². The Hall–Kier alpha value is -1.01. The van der Waals surface area contributed by atoms with E-state index < -0.39 is 0 Å². The molecule has 0 fully saturated rings. The van der Waals surface area contributed by atoms with Crippen molar-refractivity contribution < 1.29 is 9.59 Å². The van der Waals surface area contributed by atoms with Crippen molar-refractivity contribution in [1.82, 2.24) is 10.2 Å². The Labute approximate surface area is 104 Å². The summed E-state index contributed by atoms with van der Waals surface area (Å²) in [6.07, 6.45) is 0. The molecular weight excluding hydrogens is 244 g/mol. The summed E-state index contributed by atoms with van der Waals surface area (Å²) in [7, 11) is 1.55. The lowest BCUT2D eigenvalue weighted by Gasteiger charge is -2.18. The minimum atomic E-state index is -0.169. The number of likely N-dealkylation sites (N-methyl/N-ethyl adjacent to an activating group) is 2. The van der Waals surface area contributed by atoms with E-state index in [9.17, 15) is 9.59 Å². The lowest BCUT2D eigenvalue weighted by Crippen LogP contribution is -2.39. The van der Waals surface area contributed by atoms with E-state index in [1.165, 1.54) is 16.2 Å². The van der Waals surface area contributed by atoms with Crippen molar-refractivity contribution in [2.45, 2.75) is 11.8 Å². The van der Waals surface area contributed by atoms with Gasteiger partial charge in [-0.3, -0.25) is 9.59 Å². The number of nitrogens with zero attached hydrogens (tertiary/aromatic N) is 1. The van der Waals surface area contributed by atoms with E-state index in [4.69, 9.17) is 0 Å². The van der Waals surface area contributed by atoms with E-state index in [0.717, 1.165) is 4.90 Å². The summed E-state index contributed by atoms with van der Waals surface area (Å²) in [4.78, 5) is 26.0. The molecule has 0 aliphatic rings. The van der Waals surface area contributed by atoms with E-state index >= 15 is 0 Å². The summed E-state index contributed by atoms with van der Waals surface area (Å²) in [6.45, 7) is 2.44. The fraction of sp³-hybridized carbons (Fsp3) is 0.400. The quantitative estimate of drug-likeness (QED) is 0.798. The van der Waals surface area contributed by atoms with Crippen LogP contribution in [0.3, 0.4) is 0 Å². The molecule has 0 atom stereocenters. The highest BCUT2D eigenvalue weighted by Gasteiger charge is 2.17. The van der Waals surface area contributed by atoms with Crippen LogP contribution in [0.15, 0.2) is 16.3 Å². The second-order valence-electron chi connectivity index (χ2n) is 3.16. The van der Waals surface area contributed by atoms with Crippen molar-refractivity contribution >= 4 is 35.8 Å². The number of nitrogens with one attached hydrogen (secondary N) is 1. The van der Waals surface area contributed by atoms with Crippen molar-refractivity contribution in [3.8, 4) is 0 Å². The molecule has 0 spiro atoms. The molecular formula is C10H14N2O2S2. The van der Waals surface area contributed by atoms with Crippen LogP contribution < -0.4 is 5.32 Å². The van der Waals surface area contributed by atoms with Gasteiger partial charge in [-0.25, -0.2) is 0 Å². The Morgan fingerprint density at radius 1 is 1.56 bits per heavy atom. The average molecular weight is 258 g/mol. The zero-order valence-corrected chi connectivity index (χ0v) is 10.9. The maximum Gasteiger partial charge on any atom is 0.264 e. The van der Waals surface area contributed by atoms with Gasteiger partial charge in [-0.1, -0.05) is 0 Å². The lowest BCUT2D eigenvalue weighted by molar-refractivity contribution is -0.121. The van der Waals surface area contributed by atoms with Crippen LogP contribution in [-0.4, -0.2) is 36.9 Å². The van der Waals surface area contributed by atoms with Crippen LogP contribution in [0.25, 0.3) is 0 Å². The summed E-state index contributed by atoms with van der Waals surface area (Å²) in [6, 6.07) is 1.71. The molecule has 0 aliphatic heterocycles. The molecule has 0 aliphatic carbocycles. The fourth-order valence-corrected chi connectivity index (χ4v) is 2.29. The first-order valence-electron chi connectivity index (χ1n) is 4.85. The van der Waals surface area contributed by atoms with E-state index in [-0.39, 0.29) is 18.4 Å². The number of hydrogen-bond acceptors (Lipinski definition) is 4. The molecule has 0 radical (unpaired) electrons. The average Bonchev–Trinajstić information content (AvgIpc) is 2.71. The van der Waals surface area contributed by atoms with E-state index in [1.807, 2.05) is 6.92 Å². The zero-order chi connectivity index (χ0) is 12.1. The molecule has 0 saturated heterocycles. The van der Waals surface area contributed by atoms with Crippen molar-refractivity contribution in [2.24, 2.45) is 0 Å². The maximum absolute atomic E-state index is 12.0. The Bertz CT molecular complexity index is 390. The monoisotopic (exact) mass is 258 g/mol. The third kappa shape index (κ3) is 3.24. The summed E-state index contributed by atoms with van der Waals surface area (Å²) in [5.74, 6) is -0.297. The first kappa shape index (κ1) is 13.1. The second-order valence-corrected chi connectivity index (χ2v) is 4.59. The van der Waals surface area contributed by atoms with Gasteiger partial charge in [-0.05, 0) is 13.0 Å². The highest BCUT2D eigenvalue weighted by atomic mass is 32.1. The van der Waals surface area contributed by atoms with Gasteiger partial charge >= 0.3 is 0 Å². The Morgan fingerprint density at radius 3 is 2.69 bits per heavy atom. The normalized spacial score (nSPS) is 9.94. The van der Waals surface area contributed by atoms with Gasteiger partial charge < -0.3 is 10.2 Å². The Morgan fingerprint density at radius 2 is 2.25 bits per heavy atom. The lowest BCUT2D eigenvalue weighted by atomic mass is 10.3. The predicted molar refractivity (Wildman–Crippen MR) is 67.2 cm³/mol. The molecule has 1 heterocycles. The molecule has 1 rings (SSSR count). The summed E-state index contributed by atoms with van der Waals surface area (Å²) < 4.78 is 0. The molecule has 16 heavy (non-hydrogen) atoms. The predicted octanol–water partition coefficient (Wildman–Crippen LogP) is 1.24. The molecule has 0 bridgehead atoms. The van der Waals surface area contributed by atoms with Crippen LogP contribution in [0.4, 0.5) is 0 Å². The van der Waals surface area contributed by atoms with Crippen molar-refractivity contribution in [2.75, 3.05) is 20.1 Å². The summed E-state index contributed by atoms with van der Waals surface area (Å²) in [5, 5.41) is 4.29. The van der Waals surface area contributed by atoms with Crippen LogP contribution in [0, 0.1) is 0 Å². The SMILES string of the molecule is CCN(CC(=O)NC)C(=O)c1cc(S)cs1. The van der Waals surface area contributed by atoms with Crippen molar-refractivity contribution in [3.05, 3.63) is 16.3 Å². The minimum Gasteiger partial charge on any atom is -0.358 e. The highest BCUT2D eigenvalue weighted by Crippen LogP contribution is 2.19. The summed E-state index contributed by atoms with van der Waals surface area (Å²) in [5.41, 5.74) is 0. The Kier molecular flexibility index (Phi) is 4.82. The molecule has 1 N–H and O–H groups in total. The maximum atomic E-state index is 12.0. The molecule has 0 unspecified atom stereocenters. The minimum absolute atomic E-state index is 0.0889. The molecule has 0 aromatic carbocycles. The van der Waals surface area contributed by atoms with Crippen LogP contribution in [-0.2, 0) is 4.79 Å². The smallest absolute Gasteiger partial charge is 0.264 e. The number of rotatable bonds is 4. The van der Waals surface area contributed by atoms with Gasteiger partial charge in [-0.15, -0.1) is 24.0 Å². The topological polar surface area (TPSA) is 49.4 Å². The van der Waals surface area contributed by atoms with E-state index in [0.29, 0.717) is 11.4 Å². The van der Waals surface area contributed by atoms with Gasteiger partial charge in [0.05, 0.1) is 11.4 Å². The number of carbonyl (C=O) groups is 2. The number of carbonyl (C=O) groups excluding carboxylic acids is 2. The number of thiophene rings is 1. The molecule has 1 aromatic heterocycles. The zero-order valence-electron chi connectivity index (χ0n) is 9.19. The standard InChI is InChI=1S/C10H14N2O2S2/c1-3-12(5-9(13)11-2)10(14)8-4-7(15)6-16-8/h4,6,15H,3,5H2,1-2H3,(H,11,13). The van der Waals surface area contributed by atoms with Crippen LogP contribution in [0.2, 0.25) is 0 Å². The van der Waals surface area contributed by atoms with Gasteiger partial charge in [0.25, 0.3) is 5.91 Å². The first-order valence-corrected chi connectivity index (χ1v) is 6.18. The molecule has 2 amide bonds. The summed E-state index contributed by atoms with van der Waals surface area (Å²) >= 11 is 5.48. The largest absolute Gasteiger partial charge is 0.358 e. The molecule has 6 heteroatoms. The van der Waals surface area contributed by atoms with E-state index in [1.54, 1.807) is 18.5 Å². The molecule has 88 valence electrons. The van der Waals surface area contributed by atoms with Crippen LogP contribution in [0.5, 0.6) is 0 Å². The molecule has 1 aromatic rings. The second kappa shape index (κ2) is 5.91. The first-order chi connectivity index (χ1) is 7.58. The van der Waals surface area contributed by atoms with Gasteiger partial charge in [0.2, 0.25) is 5.91 Å².